The Bertz CT molecular complexity index is 1420. The number of rotatable bonds is 4. The number of phenols is 1. The zero-order chi connectivity index (χ0) is 26.8. The summed E-state index contributed by atoms with van der Waals surface area (Å²) in [7, 11) is 3.96. The predicted molar refractivity (Wildman–Crippen MR) is 134 cm³/mol. The van der Waals surface area contributed by atoms with Crippen LogP contribution in [0.3, 0.4) is 0 Å². The van der Waals surface area contributed by atoms with Crippen molar-refractivity contribution in [2.24, 2.45) is 17.6 Å². The first kappa shape index (κ1) is 24.7. The van der Waals surface area contributed by atoms with Gasteiger partial charge in [0.1, 0.15) is 22.8 Å². The topological polar surface area (TPSA) is 161 Å². The molecule has 1 saturated carbocycles. The van der Waals surface area contributed by atoms with Crippen molar-refractivity contribution in [1.29, 1.82) is 0 Å². The summed E-state index contributed by atoms with van der Waals surface area (Å²) < 4.78 is 0. The fourth-order valence-corrected chi connectivity index (χ4v) is 6.05. The zero-order valence-electron chi connectivity index (χ0n) is 20.5. The van der Waals surface area contributed by atoms with Crippen LogP contribution in [0.2, 0.25) is 0 Å². The number of primary amides is 1. The van der Waals surface area contributed by atoms with Crippen molar-refractivity contribution < 1.29 is 34.8 Å². The molecule has 0 saturated heterocycles. The van der Waals surface area contributed by atoms with Crippen molar-refractivity contribution in [2.75, 3.05) is 14.1 Å². The molecular formula is C28H28N2O7. The van der Waals surface area contributed by atoms with E-state index in [9.17, 15) is 34.8 Å². The van der Waals surface area contributed by atoms with Crippen LogP contribution in [0, 0.1) is 11.8 Å². The van der Waals surface area contributed by atoms with Gasteiger partial charge in [0, 0.05) is 24.5 Å². The summed E-state index contributed by atoms with van der Waals surface area (Å²) in [6.45, 7) is 0.771. The smallest absolute Gasteiger partial charge is 0.255 e. The number of ketones is 2. The molecule has 3 atom stereocenters. The van der Waals surface area contributed by atoms with Gasteiger partial charge < -0.3 is 31.1 Å². The number of carbonyl (C=O) groups excluding carboxylic acids is 3. The summed E-state index contributed by atoms with van der Waals surface area (Å²) in [5.74, 6) is -6.35. The summed E-state index contributed by atoms with van der Waals surface area (Å²) in [5, 5.41) is 43.9. The molecule has 5 rings (SSSR count). The number of fused-ring (bicyclic) bond motifs is 3. The molecule has 1 amide bonds. The van der Waals surface area contributed by atoms with E-state index in [1.807, 2.05) is 38.4 Å². The quantitative estimate of drug-likeness (QED) is 0.396. The number of phenolic OH excluding ortho intramolecular Hbond substituents is 1. The fraction of sp³-hybridized carbons (Fsp3) is 0.321. The van der Waals surface area contributed by atoms with E-state index in [2.05, 4.69) is 4.90 Å². The summed E-state index contributed by atoms with van der Waals surface area (Å²) in [4.78, 5) is 39.9. The van der Waals surface area contributed by atoms with E-state index in [-0.39, 0.29) is 36.1 Å². The minimum absolute atomic E-state index is 0.0852. The minimum Gasteiger partial charge on any atom is -0.508 e. The van der Waals surface area contributed by atoms with Crippen molar-refractivity contribution in [1.82, 2.24) is 4.90 Å². The van der Waals surface area contributed by atoms with Crippen molar-refractivity contribution in [2.45, 2.75) is 31.4 Å². The van der Waals surface area contributed by atoms with Gasteiger partial charge in [-0.05, 0) is 61.2 Å². The van der Waals surface area contributed by atoms with E-state index in [1.165, 1.54) is 6.07 Å². The van der Waals surface area contributed by atoms with Gasteiger partial charge in [-0.2, -0.15) is 0 Å². The number of hydrogen-bond acceptors (Lipinski definition) is 8. The van der Waals surface area contributed by atoms with Gasteiger partial charge in [0.2, 0.25) is 5.78 Å². The molecule has 0 radical (unpaired) electrons. The average Bonchev–Trinajstić information content (AvgIpc) is 2.81. The molecule has 9 heteroatoms. The summed E-state index contributed by atoms with van der Waals surface area (Å²) in [6.07, 6.45) is 0.0135. The lowest BCUT2D eigenvalue weighted by Gasteiger charge is -2.46. The van der Waals surface area contributed by atoms with Crippen LogP contribution in [0.15, 0.2) is 53.3 Å². The first-order chi connectivity index (χ1) is 17.4. The molecule has 3 aliphatic carbocycles. The lowest BCUT2D eigenvalue weighted by Crippen LogP contribution is -2.58. The molecule has 0 spiro atoms. The van der Waals surface area contributed by atoms with Crippen LogP contribution in [0.5, 0.6) is 5.75 Å². The van der Waals surface area contributed by atoms with Crippen LogP contribution < -0.4 is 5.73 Å². The molecule has 9 nitrogen and oxygen atoms in total. The van der Waals surface area contributed by atoms with Crippen LogP contribution >= 0.6 is 0 Å². The largest absolute Gasteiger partial charge is 0.508 e. The van der Waals surface area contributed by atoms with Crippen molar-refractivity contribution in [3.8, 4) is 16.9 Å². The van der Waals surface area contributed by atoms with Crippen LogP contribution in [0.1, 0.15) is 29.5 Å². The fourth-order valence-electron chi connectivity index (χ4n) is 6.05. The van der Waals surface area contributed by atoms with Gasteiger partial charge in [-0.25, -0.2) is 0 Å². The van der Waals surface area contributed by atoms with E-state index < -0.39 is 52.0 Å². The Labute approximate surface area is 213 Å². The monoisotopic (exact) mass is 504 g/mol. The first-order valence-electron chi connectivity index (χ1n) is 12.0. The second-order valence-electron chi connectivity index (χ2n) is 10.3. The van der Waals surface area contributed by atoms with Gasteiger partial charge in [-0.15, -0.1) is 0 Å². The summed E-state index contributed by atoms with van der Waals surface area (Å²) in [5.41, 5.74) is 5.21. The molecule has 192 valence electrons. The highest BCUT2D eigenvalue weighted by Crippen LogP contribution is 2.53. The second-order valence-corrected chi connectivity index (χ2v) is 10.3. The van der Waals surface area contributed by atoms with Gasteiger partial charge in [0.25, 0.3) is 5.91 Å². The first-order valence-corrected chi connectivity index (χ1v) is 12.0. The van der Waals surface area contributed by atoms with Crippen LogP contribution in [-0.2, 0) is 27.3 Å². The highest BCUT2D eigenvalue weighted by molar-refractivity contribution is 6.22. The maximum atomic E-state index is 13.6. The molecule has 3 unspecified atom stereocenters. The Morgan fingerprint density at radius 3 is 2.35 bits per heavy atom. The van der Waals surface area contributed by atoms with Gasteiger partial charge in [0.15, 0.2) is 11.4 Å². The molecule has 0 aromatic heterocycles. The predicted octanol–water partition coefficient (Wildman–Crippen LogP) is 2.15. The van der Waals surface area contributed by atoms with Crippen molar-refractivity contribution in [3.63, 3.8) is 0 Å². The molecule has 37 heavy (non-hydrogen) atoms. The molecule has 2 aromatic carbocycles. The molecule has 3 aliphatic rings. The molecule has 2 aromatic rings. The van der Waals surface area contributed by atoms with Crippen LogP contribution in [0.4, 0.5) is 0 Å². The Hall–Kier alpha value is -3.95. The minimum atomic E-state index is -2.56. The lowest BCUT2D eigenvalue weighted by molar-refractivity contribution is -0.147. The maximum Gasteiger partial charge on any atom is 0.255 e. The molecule has 0 bridgehead atoms. The van der Waals surface area contributed by atoms with Crippen LogP contribution in [-0.4, -0.2) is 62.5 Å². The van der Waals surface area contributed by atoms with Gasteiger partial charge >= 0.3 is 0 Å². The Kier molecular flexibility index (Phi) is 5.73. The molecular weight excluding hydrogens is 476 g/mol. The van der Waals surface area contributed by atoms with Crippen LogP contribution in [0.25, 0.3) is 16.9 Å². The SMILES string of the molecule is CN(C)Cc1ccc(-c2ccc(O)c3c2CC2CC4CC(=O)C(C(N)=O)=C(O)C4(O)C(=O)C2=C3O)cc1. The number of nitrogens with two attached hydrogens (primary N) is 1. The lowest BCUT2D eigenvalue weighted by atomic mass is 9.59. The third-order valence-electron chi connectivity index (χ3n) is 7.71. The number of carbonyl (C=O) groups is 3. The maximum absolute atomic E-state index is 13.6. The Balaban J connectivity index is 1.64. The summed E-state index contributed by atoms with van der Waals surface area (Å²) in [6, 6.07) is 11.1. The highest BCUT2D eigenvalue weighted by Gasteiger charge is 2.60. The van der Waals surface area contributed by atoms with Gasteiger partial charge in [-0.1, -0.05) is 30.3 Å². The number of Topliss-reactive ketones (excluding diaryl/α,β-unsaturated/α-hetero) is 2. The number of aromatic hydroxyl groups is 1. The van der Waals surface area contributed by atoms with E-state index in [1.54, 1.807) is 6.07 Å². The third kappa shape index (κ3) is 3.65. The summed E-state index contributed by atoms with van der Waals surface area (Å²) >= 11 is 0. The standard InChI is InChI=1S/C28H28N2O7/c1-30(2)12-13-3-5-14(6-4-13)17-7-8-19(31)22-18(17)10-15-9-16-11-20(32)23(27(29)36)26(35)28(16,37)25(34)21(15)24(22)33/h3-8,15-16,31,33,35,37H,9-12H2,1-2H3,(H2,29,36). The third-order valence-corrected chi connectivity index (χ3v) is 7.71. The van der Waals surface area contributed by atoms with Crippen molar-refractivity contribution in [3.05, 3.63) is 70.0 Å². The van der Waals surface area contributed by atoms with E-state index in [4.69, 9.17) is 5.73 Å². The molecule has 1 fully saturated rings. The number of aliphatic hydroxyl groups excluding tert-OH is 2. The Morgan fingerprint density at radius 1 is 1.05 bits per heavy atom. The van der Waals surface area contributed by atoms with Gasteiger partial charge in [0.05, 0.1) is 5.56 Å². The molecule has 0 aliphatic heterocycles. The van der Waals surface area contributed by atoms with E-state index in [0.717, 1.165) is 23.2 Å². The van der Waals surface area contributed by atoms with E-state index in [0.29, 0.717) is 5.56 Å². The van der Waals surface area contributed by atoms with Gasteiger partial charge in [-0.3, -0.25) is 14.4 Å². The highest BCUT2D eigenvalue weighted by atomic mass is 16.3. The molecule has 6 N–H and O–H groups in total. The normalized spacial score (nSPS) is 25.2. The average molecular weight is 505 g/mol. The Morgan fingerprint density at radius 2 is 1.73 bits per heavy atom. The van der Waals surface area contributed by atoms with Crippen molar-refractivity contribution >= 4 is 23.2 Å². The zero-order valence-corrected chi connectivity index (χ0v) is 20.5. The number of nitrogens with zero attached hydrogens (tertiary/aromatic N) is 1. The number of hydrogen-bond donors (Lipinski definition) is 5. The number of aliphatic hydroxyl groups is 3. The number of amides is 1. The van der Waals surface area contributed by atoms with E-state index >= 15 is 0 Å². The molecule has 0 heterocycles. The second kappa shape index (κ2) is 8.57. The number of benzene rings is 2.